The Labute approximate surface area is 102 Å². The summed E-state index contributed by atoms with van der Waals surface area (Å²) < 4.78 is 0. The smallest absolute Gasteiger partial charge is 0.141 e. The Morgan fingerprint density at radius 1 is 1.24 bits per heavy atom. The maximum Gasteiger partial charge on any atom is 0.141 e. The lowest BCUT2D eigenvalue weighted by molar-refractivity contribution is 0.679. The minimum atomic E-state index is 0.749. The van der Waals surface area contributed by atoms with Crippen LogP contribution in [0.4, 0.5) is 11.5 Å². The van der Waals surface area contributed by atoms with Crippen molar-refractivity contribution in [2.75, 3.05) is 23.4 Å². The number of nitrogen functional groups attached to an aromatic ring is 1. The second-order valence-corrected chi connectivity index (χ2v) is 5.34. The first-order valence-electron chi connectivity index (χ1n) is 6.53. The third-order valence-corrected chi connectivity index (χ3v) is 3.61. The van der Waals surface area contributed by atoms with Crippen molar-refractivity contribution in [3.8, 4) is 0 Å². The highest BCUT2D eigenvalue weighted by molar-refractivity contribution is 5.53. The largest absolute Gasteiger partial charge is 0.371 e. The quantitative estimate of drug-likeness (QED) is 0.582. The van der Waals surface area contributed by atoms with Crippen LogP contribution >= 0.6 is 0 Å². The number of aromatic nitrogens is 1. The van der Waals surface area contributed by atoms with Crippen molar-refractivity contribution in [1.29, 1.82) is 0 Å². The maximum absolute atomic E-state index is 5.42. The second-order valence-electron chi connectivity index (χ2n) is 5.34. The predicted octanol–water partition coefficient (Wildman–Crippen LogP) is 1.99. The van der Waals surface area contributed by atoms with Crippen LogP contribution in [0.15, 0.2) is 18.3 Å². The molecule has 92 valence electrons. The molecule has 2 aliphatic carbocycles. The Morgan fingerprint density at radius 2 is 1.88 bits per heavy atom. The number of hydrogen-bond acceptors (Lipinski definition) is 4. The molecule has 4 heteroatoms. The molecular formula is C13H20N4. The van der Waals surface area contributed by atoms with E-state index in [1.54, 1.807) is 0 Å². The van der Waals surface area contributed by atoms with Gasteiger partial charge in [0.15, 0.2) is 0 Å². The van der Waals surface area contributed by atoms with Crippen LogP contribution in [0, 0.1) is 11.8 Å². The van der Waals surface area contributed by atoms with Crippen LogP contribution in [-0.4, -0.2) is 18.1 Å². The zero-order valence-corrected chi connectivity index (χ0v) is 10.1. The molecule has 1 heterocycles. The number of hydrazine groups is 1. The molecule has 0 bridgehead atoms. The molecule has 0 atom stereocenters. The van der Waals surface area contributed by atoms with Crippen molar-refractivity contribution in [2.24, 2.45) is 17.7 Å². The van der Waals surface area contributed by atoms with Crippen LogP contribution in [0.5, 0.6) is 0 Å². The Morgan fingerprint density at radius 3 is 2.41 bits per heavy atom. The van der Waals surface area contributed by atoms with Crippen molar-refractivity contribution in [3.63, 3.8) is 0 Å². The minimum absolute atomic E-state index is 0.749. The molecule has 0 radical (unpaired) electrons. The van der Waals surface area contributed by atoms with Crippen molar-refractivity contribution in [3.05, 3.63) is 18.3 Å². The summed E-state index contributed by atoms with van der Waals surface area (Å²) in [6.45, 7) is 2.40. The molecule has 3 N–H and O–H groups in total. The fourth-order valence-electron chi connectivity index (χ4n) is 2.20. The molecule has 1 aromatic heterocycles. The maximum atomic E-state index is 5.42. The number of nitrogens with two attached hydrogens (primary N) is 1. The van der Waals surface area contributed by atoms with Gasteiger partial charge >= 0.3 is 0 Å². The van der Waals surface area contributed by atoms with Gasteiger partial charge in [0, 0.05) is 31.0 Å². The normalized spacial score (nSPS) is 19.1. The summed E-state index contributed by atoms with van der Waals surface area (Å²) in [6.07, 6.45) is 7.42. The van der Waals surface area contributed by atoms with E-state index >= 15 is 0 Å². The van der Waals surface area contributed by atoms with Crippen LogP contribution in [0.3, 0.4) is 0 Å². The molecule has 0 aliphatic heterocycles. The molecule has 17 heavy (non-hydrogen) atoms. The molecule has 0 saturated heterocycles. The number of nitrogens with zero attached hydrogens (tertiary/aromatic N) is 2. The lowest BCUT2D eigenvalue weighted by Crippen LogP contribution is -2.28. The Hall–Kier alpha value is -1.29. The van der Waals surface area contributed by atoms with E-state index in [1.807, 2.05) is 12.3 Å². The molecule has 4 nitrogen and oxygen atoms in total. The van der Waals surface area contributed by atoms with Crippen LogP contribution in [0.25, 0.3) is 0 Å². The van der Waals surface area contributed by atoms with E-state index in [4.69, 9.17) is 5.84 Å². The van der Waals surface area contributed by atoms with Crippen LogP contribution in [-0.2, 0) is 0 Å². The highest BCUT2D eigenvalue weighted by atomic mass is 15.3. The molecule has 0 aromatic carbocycles. The van der Waals surface area contributed by atoms with Gasteiger partial charge in [-0.3, -0.25) is 0 Å². The summed E-state index contributed by atoms with van der Waals surface area (Å²) in [6, 6.07) is 4.14. The summed E-state index contributed by atoms with van der Waals surface area (Å²) in [5.41, 5.74) is 3.88. The first kappa shape index (κ1) is 10.8. The van der Waals surface area contributed by atoms with Gasteiger partial charge in [-0.2, -0.15) is 0 Å². The SMILES string of the molecule is NNc1cc(N(CC2CC2)CC2CC2)ccn1. The lowest BCUT2D eigenvalue weighted by atomic mass is 10.2. The average Bonchev–Trinajstić information content (AvgIpc) is 3.23. The van der Waals surface area contributed by atoms with Gasteiger partial charge in [0.25, 0.3) is 0 Å². The molecule has 0 spiro atoms. The van der Waals surface area contributed by atoms with Crippen molar-refractivity contribution < 1.29 is 0 Å². The highest BCUT2D eigenvalue weighted by Crippen LogP contribution is 2.35. The molecule has 1 aromatic rings. The zero-order valence-electron chi connectivity index (χ0n) is 10.1. The van der Waals surface area contributed by atoms with Gasteiger partial charge in [-0.05, 0) is 43.6 Å². The van der Waals surface area contributed by atoms with Gasteiger partial charge in [0.05, 0.1) is 0 Å². The van der Waals surface area contributed by atoms with Gasteiger partial charge in [0.2, 0.25) is 0 Å². The standard InChI is InChI=1S/C13H20N4/c14-16-13-7-12(5-6-15-13)17(8-10-1-2-10)9-11-3-4-11/h5-7,10-11H,1-4,8-9,14H2,(H,15,16). The van der Waals surface area contributed by atoms with Crippen LogP contribution in [0.2, 0.25) is 0 Å². The number of hydrogen-bond donors (Lipinski definition) is 2. The monoisotopic (exact) mass is 232 g/mol. The van der Waals surface area contributed by atoms with E-state index in [2.05, 4.69) is 21.4 Å². The number of anilines is 2. The van der Waals surface area contributed by atoms with Gasteiger partial charge in [-0.25, -0.2) is 10.8 Å². The van der Waals surface area contributed by atoms with E-state index in [0.29, 0.717) is 0 Å². The topological polar surface area (TPSA) is 54.2 Å². The lowest BCUT2D eigenvalue weighted by Gasteiger charge is -2.25. The fraction of sp³-hybridized carbons (Fsp3) is 0.615. The van der Waals surface area contributed by atoms with E-state index in [0.717, 1.165) is 17.7 Å². The van der Waals surface area contributed by atoms with Gasteiger partial charge < -0.3 is 10.3 Å². The summed E-state index contributed by atoms with van der Waals surface area (Å²) in [7, 11) is 0. The predicted molar refractivity (Wildman–Crippen MR) is 69.7 cm³/mol. The summed E-state index contributed by atoms with van der Waals surface area (Å²) >= 11 is 0. The van der Waals surface area contributed by atoms with E-state index in [9.17, 15) is 0 Å². The minimum Gasteiger partial charge on any atom is -0.371 e. The third-order valence-electron chi connectivity index (χ3n) is 3.61. The molecule has 2 saturated carbocycles. The molecule has 2 aliphatic rings. The molecule has 0 unspecified atom stereocenters. The molecule has 3 rings (SSSR count). The van der Waals surface area contributed by atoms with Gasteiger partial charge in [0.1, 0.15) is 5.82 Å². The van der Waals surface area contributed by atoms with Crippen molar-refractivity contribution >= 4 is 11.5 Å². The summed E-state index contributed by atoms with van der Waals surface area (Å²) in [4.78, 5) is 6.68. The first-order chi connectivity index (χ1) is 8.35. The van der Waals surface area contributed by atoms with Gasteiger partial charge in [-0.15, -0.1) is 0 Å². The Bertz CT molecular complexity index is 371. The molecule has 0 amide bonds. The van der Waals surface area contributed by atoms with E-state index in [1.165, 1.54) is 44.5 Å². The highest BCUT2D eigenvalue weighted by Gasteiger charge is 2.29. The molecular weight excluding hydrogens is 212 g/mol. The van der Waals surface area contributed by atoms with E-state index in [-0.39, 0.29) is 0 Å². The van der Waals surface area contributed by atoms with Crippen molar-refractivity contribution in [1.82, 2.24) is 4.98 Å². The Balaban J connectivity index is 1.73. The first-order valence-corrected chi connectivity index (χ1v) is 6.53. The number of nitrogens with one attached hydrogen (secondary N) is 1. The molecule has 2 fully saturated rings. The zero-order chi connectivity index (χ0) is 11.7. The summed E-state index contributed by atoms with van der Waals surface area (Å²) in [5, 5.41) is 0. The fourth-order valence-corrected chi connectivity index (χ4v) is 2.20. The van der Waals surface area contributed by atoms with Gasteiger partial charge in [-0.1, -0.05) is 0 Å². The number of rotatable bonds is 6. The van der Waals surface area contributed by atoms with E-state index < -0.39 is 0 Å². The summed E-state index contributed by atoms with van der Waals surface area (Å²) in [5.74, 6) is 7.99. The Kier molecular flexibility index (Phi) is 2.89. The third kappa shape index (κ3) is 2.88. The van der Waals surface area contributed by atoms with Crippen LogP contribution < -0.4 is 16.2 Å². The average molecular weight is 232 g/mol. The number of pyridine rings is 1. The van der Waals surface area contributed by atoms with Crippen molar-refractivity contribution in [2.45, 2.75) is 25.7 Å². The van der Waals surface area contributed by atoms with Crippen LogP contribution in [0.1, 0.15) is 25.7 Å². The second kappa shape index (κ2) is 4.53.